The zero-order valence-electron chi connectivity index (χ0n) is 13.0. The van der Waals surface area contributed by atoms with Crippen molar-refractivity contribution in [1.29, 1.82) is 0 Å². The van der Waals surface area contributed by atoms with Crippen LogP contribution >= 0.6 is 0 Å². The van der Waals surface area contributed by atoms with Gasteiger partial charge in [-0.25, -0.2) is 8.42 Å². The summed E-state index contributed by atoms with van der Waals surface area (Å²) in [5.74, 6) is -0.756. The summed E-state index contributed by atoms with van der Waals surface area (Å²) in [6, 6.07) is 5.97. The molecule has 0 saturated heterocycles. The number of aliphatic hydroxyl groups excluding tert-OH is 1. The van der Waals surface area contributed by atoms with Gasteiger partial charge in [-0.05, 0) is 44.0 Å². The van der Waals surface area contributed by atoms with Gasteiger partial charge in [0.25, 0.3) is 0 Å². The molecule has 0 unspecified atom stereocenters. The van der Waals surface area contributed by atoms with E-state index in [1.165, 1.54) is 0 Å². The van der Waals surface area contributed by atoms with Crippen LogP contribution < -0.4 is 34.5 Å². The molecule has 0 saturated carbocycles. The van der Waals surface area contributed by atoms with Crippen molar-refractivity contribution in [2.45, 2.75) is 26.9 Å². The Morgan fingerprint density at radius 3 is 2.10 bits per heavy atom. The Hall–Kier alpha value is -0.150. The summed E-state index contributed by atoms with van der Waals surface area (Å²) < 4.78 is 31.9. The van der Waals surface area contributed by atoms with E-state index in [4.69, 9.17) is 0 Å². The van der Waals surface area contributed by atoms with Crippen LogP contribution in [0.1, 0.15) is 18.1 Å². The first-order valence-electron chi connectivity index (χ1n) is 6.16. The first kappa shape index (κ1) is 23.1. The van der Waals surface area contributed by atoms with Crippen molar-refractivity contribution in [3.63, 3.8) is 0 Å². The zero-order chi connectivity index (χ0) is 14.6. The predicted octanol–water partition coefficient (Wildman–Crippen LogP) is -2.78. The molecular weight excluding hydrogens is 305 g/mol. The number of benzene rings is 1. The van der Waals surface area contributed by atoms with Crippen LogP contribution in [-0.4, -0.2) is 48.5 Å². The van der Waals surface area contributed by atoms with Gasteiger partial charge < -0.3 is 20.0 Å². The Bertz CT molecular complexity index is 515. The fourth-order valence-corrected chi connectivity index (χ4v) is 2.67. The minimum atomic E-state index is -4.40. The molecule has 0 radical (unpaired) electrons. The van der Waals surface area contributed by atoms with Crippen molar-refractivity contribution in [1.82, 2.24) is 0 Å². The van der Waals surface area contributed by atoms with Gasteiger partial charge in [0.15, 0.2) is 0 Å². The van der Waals surface area contributed by atoms with E-state index in [-0.39, 0.29) is 41.6 Å². The third kappa shape index (κ3) is 8.77. The molecule has 8 heteroatoms. The van der Waals surface area contributed by atoms with Gasteiger partial charge in [0, 0.05) is 18.8 Å². The molecule has 0 aromatic heterocycles. The molecule has 1 aromatic rings. The van der Waals surface area contributed by atoms with E-state index in [9.17, 15) is 18.1 Å². The van der Waals surface area contributed by atoms with Gasteiger partial charge >= 0.3 is 29.6 Å². The van der Waals surface area contributed by atoms with Crippen LogP contribution in [0.25, 0.3) is 0 Å². The average Bonchev–Trinajstić information content (AvgIpc) is 2.21. The van der Waals surface area contributed by atoms with E-state index in [1.54, 1.807) is 0 Å². The topological polar surface area (TPSA) is 112 Å². The number of aryl methyl sites for hydroxylation is 2. The van der Waals surface area contributed by atoms with Crippen molar-refractivity contribution < 1.29 is 53.1 Å². The Morgan fingerprint density at radius 1 is 1.24 bits per heavy atom. The van der Waals surface area contributed by atoms with E-state index in [2.05, 4.69) is 0 Å². The molecule has 0 heterocycles. The Labute approximate surface area is 148 Å². The van der Waals surface area contributed by atoms with Gasteiger partial charge in [0.1, 0.15) is 0 Å². The van der Waals surface area contributed by atoms with Crippen molar-refractivity contribution in [3.8, 4) is 0 Å². The monoisotopic (exact) mass is 327 g/mol. The van der Waals surface area contributed by atoms with Gasteiger partial charge in [-0.2, -0.15) is 0 Å². The molecule has 0 spiro atoms. The summed E-state index contributed by atoms with van der Waals surface area (Å²) in [4.78, 5) is 1.86. The molecular formula is C13H22NNaO5S. The van der Waals surface area contributed by atoms with Crippen LogP contribution in [0.2, 0.25) is 0 Å². The summed E-state index contributed by atoms with van der Waals surface area (Å²) in [6.07, 6.45) is -1.18. The van der Waals surface area contributed by atoms with Gasteiger partial charge in [0.2, 0.25) is 0 Å². The van der Waals surface area contributed by atoms with Crippen molar-refractivity contribution in [2.24, 2.45) is 0 Å². The third-order valence-corrected chi connectivity index (χ3v) is 3.57. The van der Waals surface area contributed by atoms with Gasteiger partial charge in [-0.1, -0.05) is 6.07 Å². The molecule has 0 aliphatic carbocycles. The second kappa shape index (κ2) is 9.78. The first-order valence-corrected chi connectivity index (χ1v) is 7.74. The van der Waals surface area contributed by atoms with E-state index in [0.717, 1.165) is 16.8 Å². The Kier molecular flexibility index (Phi) is 10.8. The van der Waals surface area contributed by atoms with Crippen LogP contribution in [0.4, 0.5) is 5.69 Å². The quantitative estimate of drug-likeness (QED) is 0.448. The number of aliphatic hydroxyl groups is 1. The second-order valence-electron chi connectivity index (χ2n) is 4.76. The normalized spacial score (nSPS) is 12.0. The predicted molar refractivity (Wildman–Crippen MR) is 78.0 cm³/mol. The minimum Gasteiger partial charge on any atom is -0.748 e. The molecule has 1 rings (SSSR count). The molecule has 21 heavy (non-hydrogen) atoms. The second-order valence-corrected chi connectivity index (χ2v) is 6.21. The Balaban J connectivity index is 0. The van der Waals surface area contributed by atoms with Crippen molar-refractivity contribution in [3.05, 3.63) is 29.3 Å². The average molecular weight is 327 g/mol. The molecule has 1 aromatic carbocycles. The smallest absolute Gasteiger partial charge is 0.748 e. The molecule has 116 valence electrons. The van der Waals surface area contributed by atoms with Gasteiger partial charge in [-0.15, -0.1) is 0 Å². The maximum Gasteiger partial charge on any atom is 1.00 e. The molecule has 6 nitrogen and oxygen atoms in total. The zero-order valence-corrected chi connectivity index (χ0v) is 15.8. The van der Waals surface area contributed by atoms with E-state index in [1.807, 2.05) is 43.9 Å². The standard InChI is InChI=1S/C13H21NO4S.Na.H2O/c1-4-14(8-13(15)9-19(16,17)18)12-6-10(2)5-11(3)7-12;;/h5-7,13,15H,4,8-9H2,1-3H3,(H,16,17,18);;1H2/q;+1;/p-1/t13-;;/m0../s1. The number of rotatable bonds is 6. The molecule has 0 amide bonds. The van der Waals surface area contributed by atoms with Gasteiger partial charge in [0.05, 0.1) is 22.0 Å². The van der Waals surface area contributed by atoms with E-state index < -0.39 is 22.0 Å². The van der Waals surface area contributed by atoms with Crippen LogP contribution in [0.5, 0.6) is 0 Å². The van der Waals surface area contributed by atoms with E-state index >= 15 is 0 Å². The maximum absolute atomic E-state index is 10.6. The molecule has 0 aliphatic heterocycles. The van der Waals surface area contributed by atoms with Crippen molar-refractivity contribution in [2.75, 3.05) is 23.7 Å². The Morgan fingerprint density at radius 2 is 1.71 bits per heavy atom. The van der Waals surface area contributed by atoms with Crippen LogP contribution in [-0.2, 0) is 10.1 Å². The third-order valence-electron chi connectivity index (χ3n) is 2.78. The van der Waals surface area contributed by atoms with Crippen LogP contribution in [0, 0.1) is 13.8 Å². The molecule has 3 N–H and O–H groups in total. The van der Waals surface area contributed by atoms with Gasteiger partial charge in [-0.3, -0.25) is 0 Å². The fourth-order valence-electron chi connectivity index (χ4n) is 2.09. The summed E-state index contributed by atoms with van der Waals surface area (Å²) in [5.41, 5.74) is 3.11. The summed E-state index contributed by atoms with van der Waals surface area (Å²) in [6.45, 7) is 6.61. The maximum atomic E-state index is 10.6. The molecule has 0 aliphatic rings. The first-order chi connectivity index (χ1) is 8.71. The largest absolute Gasteiger partial charge is 1.00 e. The van der Waals surface area contributed by atoms with Crippen LogP contribution in [0.15, 0.2) is 18.2 Å². The summed E-state index contributed by atoms with van der Waals surface area (Å²) in [5, 5.41) is 9.67. The SMILES string of the molecule is CCN(C[C@H](O)CS(=O)(=O)[O-])c1cc(C)cc(C)c1.O.[Na+]. The number of nitrogens with zero attached hydrogens (tertiary/aromatic N) is 1. The summed E-state index contributed by atoms with van der Waals surface area (Å²) >= 11 is 0. The number of anilines is 1. The molecule has 1 atom stereocenters. The van der Waals surface area contributed by atoms with Crippen LogP contribution in [0.3, 0.4) is 0 Å². The fraction of sp³-hybridized carbons (Fsp3) is 0.538. The minimum absolute atomic E-state index is 0. The van der Waals surface area contributed by atoms with Crippen molar-refractivity contribution >= 4 is 15.8 Å². The number of likely N-dealkylation sites (N-methyl/N-ethyl adjacent to an activating group) is 1. The summed E-state index contributed by atoms with van der Waals surface area (Å²) in [7, 11) is -4.40. The van der Waals surface area contributed by atoms with E-state index in [0.29, 0.717) is 6.54 Å². The number of hydrogen-bond donors (Lipinski definition) is 1. The molecule has 0 bridgehead atoms. The molecule has 0 fully saturated rings. The number of hydrogen-bond acceptors (Lipinski definition) is 5.